The number of hydrogen-bond donors (Lipinski definition) is 2. The maximum Gasteiger partial charge on any atom is 0.0897 e. The molecule has 0 saturated heterocycles. The highest BCUT2D eigenvalue weighted by Gasteiger charge is 2.41. The molecule has 0 bridgehead atoms. The highest BCUT2D eigenvalue weighted by Crippen LogP contribution is 2.48. The van der Waals surface area contributed by atoms with E-state index in [0.29, 0.717) is 38.4 Å². The first kappa shape index (κ1) is 16.9. The standard InChI is InChI=1S/C14H29NO4/c1-3-18-8-9-19-11-13(16)10-15-12-14(4-5-14)6-7-17-2/h13,15-16H,3-12H2,1-2H3. The molecule has 0 aliphatic heterocycles. The molecule has 1 atom stereocenters. The summed E-state index contributed by atoms with van der Waals surface area (Å²) in [5.74, 6) is 0. The zero-order valence-electron chi connectivity index (χ0n) is 12.3. The van der Waals surface area contributed by atoms with Gasteiger partial charge in [0.05, 0.1) is 25.9 Å². The molecule has 0 radical (unpaired) electrons. The van der Waals surface area contributed by atoms with Crippen molar-refractivity contribution in [2.75, 3.05) is 53.2 Å². The van der Waals surface area contributed by atoms with Crippen LogP contribution < -0.4 is 5.32 Å². The highest BCUT2D eigenvalue weighted by atomic mass is 16.5. The molecule has 114 valence electrons. The number of aliphatic hydroxyl groups is 1. The average molecular weight is 275 g/mol. The topological polar surface area (TPSA) is 60.0 Å². The monoisotopic (exact) mass is 275 g/mol. The van der Waals surface area contributed by atoms with Gasteiger partial charge in [0, 0.05) is 33.4 Å². The molecule has 19 heavy (non-hydrogen) atoms. The molecular formula is C14H29NO4. The summed E-state index contributed by atoms with van der Waals surface area (Å²) in [6.45, 7) is 6.54. The van der Waals surface area contributed by atoms with Crippen molar-refractivity contribution < 1.29 is 19.3 Å². The molecule has 0 amide bonds. The van der Waals surface area contributed by atoms with E-state index in [0.717, 1.165) is 19.6 Å². The van der Waals surface area contributed by atoms with Crippen LogP contribution in [0.3, 0.4) is 0 Å². The van der Waals surface area contributed by atoms with Crippen molar-refractivity contribution in [1.82, 2.24) is 5.32 Å². The number of hydrogen-bond acceptors (Lipinski definition) is 5. The number of nitrogens with one attached hydrogen (secondary N) is 1. The van der Waals surface area contributed by atoms with Gasteiger partial charge in [0.15, 0.2) is 0 Å². The molecule has 2 N–H and O–H groups in total. The molecule has 5 nitrogen and oxygen atoms in total. The van der Waals surface area contributed by atoms with Crippen LogP contribution in [-0.2, 0) is 14.2 Å². The summed E-state index contributed by atoms with van der Waals surface area (Å²) in [5.41, 5.74) is 0.422. The van der Waals surface area contributed by atoms with Gasteiger partial charge in [-0.3, -0.25) is 0 Å². The van der Waals surface area contributed by atoms with Gasteiger partial charge in [-0.15, -0.1) is 0 Å². The zero-order valence-corrected chi connectivity index (χ0v) is 12.3. The molecule has 0 heterocycles. The molecular weight excluding hydrogens is 246 g/mol. The molecule has 1 rings (SSSR count). The molecule has 1 unspecified atom stereocenters. The van der Waals surface area contributed by atoms with E-state index < -0.39 is 6.10 Å². The average Bonchev–Trinajstić information content (AvgIpc) is 3.17. The number of methoxy groups -OCH3 is 1. The SMILES string of the molecule is CCOCCOCC(O)CNCC1(CCOC)CC1. The van der Waals surface area contributed by atoms with Crippen LogP contribution in [0.1, 0.15) is 26.2 Å². The van der Waals surface area contributed by atoms with Crippen LogP contribution >= 0.6 is 0 Å². The Bertz CT molecular complexity index is 221. The minimum Gasteiger partial charge on any atom is -0.389 e. The van der Waals surface area contributed by atoms with Gasteiger partial charge in [0.2, 0.25) is 0 Å². The number of aliphatic hydroxyl groups excluding tert-OH is 1. The molecule has 0 aromatic rings. The van der Waals surface area contributed by atoms with Crippen LogP contribution in [0.4, 0.5) is 0 Å². The fraction of sp³-hybridized carbons (Fsp3) is 1.00. The van der Waals surface area contributed by atoms with Gasteiger partial charge >= 0.3 is 0 Å². The summed E-state index contributed by atoms with van der Waals surface area (Å²) in [7, 11) is 1.74. The predicted octanol–water partition coefficient (Wildman–Crippen LogP) is 0.807. The fourth-order valence-electron chi connectivity index (χ4n) is 2.05. The number of ether oxygens (including phenoxy) is 3. The Balaban J connectivity index is 1.93. The molecule has 0 aromatic carbocycles. The first-order valence-corrected chi connectivity index (χ1v) is 7.25. The summed E-state index contributed by atoms with van der Waals surface area (Å²) in [5, 5.41) is 13.1. The Labute approximate surface area is 116 Å². The van der Waals surface area contributed by atoms with Gasteiger partial charge in [-0.2, -0.15) is 0 Å². The second kappa shape index (κ2) is 9.66. The van der Waals surface area contributed by atoms with Crippen molar-refractivity contribution >= 4 is 0 Å². The van der Waals surface area contributed by atoms with Crippen molar-refractivity contribution in [2.45, 2.75) is 32.3 Å². The molecule has 1 saturated carbocycles. The van der Waals surface area contributed by atoms with Crippen LogP contribution in [0.2, 0.25) is 0 Å². The van der Waals surface area contributed by atoms with E-state index in [1.165, 1.54) is 12.8 Å². The smallest absolute Gasteiger partial charge is 0.0897 e. The summed E-state index contributed by atoms with van der Waals surface area (Å²) in [4.78, 5) is 0. The van der Waals surface area contributed by atoms with Crippen molar-refractivity contribution in [3.63, 3.8) is 0 Å². The minimum atomic E-state index is -0.445. The van der Waals surface area contributed by atoms with E-state index >= 15 is 0 Å². The fourth-order valence-corrected chi connectivity index (χ4v) is 2.05. The van der Waals surface area contributed by atoms with Crippen LogP contribution in [0.5, 0.6) is 0 Å². The van der Waals surface area contributed by atoms with Crippen molar-refractivity contribution in [2.24, 2.45) is 5.41 Å². The molecule has 1 aliphatic rings. The van der Waals surface area contributed by atoms with Gasteiger partial charge in [-0.05, 0) is 31.6 Å². The first-order valence-electron chi connectivity index (χ1n) is 7.25. The summed E-state index contributed by atoms with van der Waals surface area (Å²) >= 11 is 0. The van der Waals surface area contributed by atoms with Gasteiger partial charge in [-0.1, -0.05) is 0 Å². The van der Waals surface area contributed by atoms with E-state index in [4.69, 9.17) is 14.2 Å². The lowest BCUT2D eigenvalue weighted by molar-refractivity contribution is 0.00612. The second-order valence-corrected chi connectivity index (χ2v) is 5.30. The largest absolute Gasteiger partial charge is 0.389 e. The van der Waals surface area contributed by atoms with Gasteiger partial charge in [0.1, 0.15) is 0 Å². The Morgan fingerprint density at radius 2 is 1.95 bits per heavy atom. The van der Waals surface area contributed by atoms with E-state index in [1.807, 2.05) is 6.92 Å². The predicted molar refractivity (Wildman–Crippen MR) is 74.3 cm³/mol. The van der Waals surface area contributed by atoms with Crippen LogP contribution in [0.15, 0.2) is 0 Å². The van der Waals surface area contributed by atoms with Crippen molar-refractivity contribution in [1.29, 1.82) is 0 Å². The maximum absolute atomic E-state index is 9.75. The Kier molecular flexibility index (Phi) is 8.57. The lowest BCUT2D eigenvalue weighted by Gasteiger charge is -2.17. The van der Waals surface area contributed by atoms with Crippen LogP contribution in [0, 0.1) is 5.41 Å². The molecule has 1 fully saturated rings. The second-order valence-electron chi connectivity index (χ2n) is 5.30. The van der Waals surface area contributed by atoms with E-state index in [-0.39, 0.29) is 0 Å². The summed E-state index contributed by atoms with van der Waals surface area (Å²) in [6, 6.07) is 0. The normalized spacial score (nSPS) is 18.5. The highest BCUT2D eigenvalue weighted by molar-refractivity contribution is 4.94. The third kappa shape index (κ3) is 7.84. The lowest BCUT2D eigenvalue weighted by atomic mass is 10.0. The third-order valence-electron chi connectivity index (χ3n) is 3.56. The summed E-state index contributed by atoms with van der Waals surface area (Å²) in [6.07, 6.45) is 3.20. The zero-order chi connectivity index (χ0) is 14.0. The van der Waals surface area contributed by atoms with Crippen LogP contribution in [0.25, 0.3) is 0 Å². The Morgan fingerprint density at radius 1 is 1.21 bits per heavy atom. The molecule has 1 aliphatic carbocycles. The Hall–Kier alpha value is -0.200. The minimum absolute atomic E-state index is 0.366. The lowest BCUT2D eigenvalue weighted by Crippen LogP contribution is -2.34. The third-order valence-corrected chi connectivity index (χ3v) is 3.56. The first-order chi connectivity index (χ1) is 9.22. The Morgan fingerprint density at radius 3 is 2.58 bits per heavy atom. The van der Waals surface area contributed by atoms with Gasteiger partial charge < -0.3 is 24.6 Å². The van der Waals surface area contributed by atoms with Gasteiger partial charge in [0.25, 0.3) is 0 Å². The molecule has 0 aromatic heterocycles. The van der Waals surface area contributed by atoms with E-state index in [9.17, 15) is 5.11 Å². The van der Waals surface area contributed by atoms with Crippen molar-refractivity contribution in [3.05, 3.63) is 0 Å². The maximum atomic E-state index is 9.75. The quantitative estimate of drug-likeness (QED) is 0.487. The van der Waals surface area contributed by atoms with Gasteiger partial charge in [-0.25, -0.2) is 0 Å². The van der Waals surface area contributed by atoms with E-state index in [2.05, 4.69) is 5.32 Å². The molecule has 5 heteroatoms. The number of rotatable bonds is 13. The van der Waals surface area contributed by atoms with Crippen LogP contribution in [-0.4, -0.2) is 64.4 Å². The van der Waals surface area contributed by atoms with E-state index in [1.54, 1.807) is 7.11 Å². The summed E-state index contributed by atoms with van der Waals surface area (Å²) < 4.78 is 15.6. The van der Waals surface area contributed by atoms with Crippen molar-refractivity contribution in [3.8, 4) is 0 Å². The molecule has 0 spiro atoms.